The molecular weight excluding hydrogens is 260 g/mol. The van der Waals surface area contributed by atoms with E-state index >= 15 is 0 Å². The molecule has 2 unspecified atom stereocenters. The molecule has 0 radical (unpaired) electrons. The van der Waals surface area contributed by atoms with Gasteiger partial charge in [0, 0.05) is 5.39 Å². The van der Waals surface area contributed by atoms with Crippen LogP contribution < -0.4 is 0 Å². The van der Waals surface area contributed by atoms with Crippen molar-refractivity contribution in [2.45, 2.75) is 58.5 Å². The molecule has 1 aromatic heterocycles. The summed E-state index contributed by atoms with van der Waals surface area (Å²) in [5.74, 6) is 2.06. The van der Waals surface area contributed by atoms with Gasteiger partial charge in [0.15, 0.2) is 0 Å². The third kappa shape index (κ3) is 3.01. The molecule has 1 saturated carbocycles. The molecule has 3 rings (SSSR count). The minimum Gasteiger partial charge on any atom is -0.458 e. The van der Waals surface area contributed by atoms with Crippen molar-refractivity contribution in [3.63, 3.8) is 0 Å². The summed E-state index contributed by atoms with van der Waals surface area (Å²) in [7, 11) is 0. The maximum atomic E-state index is 11.1. The summed E-state index contributed by atoms with van der Waals surface area (Å²) < 4.78 is 5.97. The number of furan rings is 1. The highest BCUT2D eigenvalue weighted by atomic mass is 16.4. The van der Waals surface area contributed by atoms with Gasteiger partial charge in [-0.2, -0.15) is 0 Å². The lowest BCUT2D eigenvalue weighted by molar-refractivity contribution is -0.0404. The molecule has 1 fully saturated rings. The molecule has 21 heavy (non-hydrogen) atoms. The number of hydrogen-bond acceptors (Lipinski definition) is 2. The Morgan fingerprint density at radius 3 is 2.90 bits per heavy atom. The van der Waals surface area contributed by atoms with Crippen LogP contribution in [0, 0.1) is 18.8 Å². The van der Waals surface area contributed by atoms with E-state index in [0.29, 0.717) is 11.8 Å². The van der Waals surface area contributed by atoms with Gasteiger partial charge in [0.2, 0.25) is 0 Å². The first-order chi connectivity index (χ1) is 9.96. The fourth-order valence-electron chi connectivity index (χ4n) is 3.85. The molecule has 1 N–H and O–H groups in total. The van der Waals surface area contributed by atoms with Crippen molar-refractivity contribution in [2.75, 3.05) is 0 Å². The van der Waals surface area contributed by atoms with Crippen LogP contribution >= 0.6 is 0 Å². The van der Waals surface area contributed by atoms with Gasteiger partial charge in [0.25, 0.3) is 0 Å². The molecule has 1 aliphatic rings. The highest BCUT2D eigenvalue weighted by Crippen LogP contribution is 2.43. The number of aryl methyl sites for hydroxylation is 1. The average Bonchev–Trinajstić information content (AvgIpc) is 2.81. The Hall–Kier alpha value is -1.28. The second kappa shape index (κ2) is 5.49. The summed E-state index contributed by atoms with van der Waals surface area (Å²) in [4.78, 5) is 0. The van der Waals surface area contributed by atoms with Gasteiger partial charge in [0.1, 0.15) is 16.9 Å². The maximum Gasteiger partial charge on any atom is 0.136 e. The first-order valence-electron chi connectivity index (χ1n) is 8.19. The third-order valence-corrected chi connectivity index (χ3v) is 4.76. The number of rotatable bonds is 3. The van der Waals surface area contributed by atoms with Crippen molar-refractivity contribution >= 4 is 11.0 Å². The van der Waals surface area contributed by atoms with Crippen molar-refractivity contribution in [2.24, 2.45) is 11.8 Å². The molecule has 0 spiro atoms. The summed E-state index contributed by atoms with van der Waals surface area (Å²) in [6.07, 6.45) is 5.18. The van der Waals surface area contributed by atoms with Crippen LogP contribution in [-0.2, 0) is 5.60 Å². The van der Waals surface area contributed by atoms with Gasteiger partial charge in [-0.15, -0.1) is 0 Å². The highest BCUT2D eigenvalue weighted by Gasteiger charge is 2.38. The maximum absolute atomic E-state index is 11.1. The van der Waals surface area contributed by atoms with Crippen molar-refractivity contribution in [3.05, 3.63) is 35.6 Å². The molecule has 1 aromatic carbocycles. The van der Waals surface area contributed by atoms with Gasteiger partial charge < -0.3 is 9.52 Å². The lowest BCUT2D eigenvalue weighted by atomic mass is 9.74. The second-order valence-electron chi connectivity index (χ2n) is 7.28. The summed E-state index contributed by atoms with van der Waals surface area (Å²) >= 11 is 0. The molecule has 1 heterocycles. The largest absolute Gasteiger partial charge is 0.458 e. The van der Waals surface area contributed by atoms with Crippen LogP contribution in [0.15, 0.2) is 28.7 Å². The van der Waals surface area contributed by atoms with Crippen molar-refractivity contribution < 1.29 is 9.52 Å². The number of benzene rings is 1. The Labute approximate surface area is 127 Å². The van der Waals surface area contributed by atoms with Gasteiger partial charge in [-0.3, -0.25) is 0 Å². The summed E-state index contributed by atoms with van der Waals surface area (Å²) in [6.45, 7) is 6.61. The number of aliphatic hydroxyl groups is 1. The molecule has 2 heteroatoms. The molecule has 2 atom stereocenters. The fraction of sp³-hybridized carbons (Fsp3) is 0.579. The van der Waals surface area contributed by atoms with Crippen molar-refractivity contribution in [1.29, 1.82) is 0 Å². The van der Waals surface area contributed by atoms with E-state index in [1.807, 2.05) is 12.1 Å². The van der Waals surface area contributed by atoms with Gasteiger partial charge in [0.05, 0.1) is 0 Å². The number of fused-ring (bicyclic) bond motifs is 1. The van der Waals surface area contributed by atoms with Crippen LogP contribution in [0.25, 0.3) is 11.0 Å². The van der Waals surface area contributed by atoms with Crippen molar-refractivity contribution in [1.82, 2.24) is 0 Å². The Bertz CT molecular complexity index is 626. The van der Waals surface area contributed by atoms with Gasteiger partial charge in [-0.05, 0) is 62.6 Å². The quantitative estimate of drug-likeness (QED) is 0.845. The van der Waals surface area contributed by atoms with Crippen LogP contribution in [0.1, 0.15) is 57.3 Å². The van der Waals surface area contributed by atoms with Crippen LogP contribution in [0.5, 0.6) is 0 Å². The van der Waals surface area contributed by atoms with E-state index in [-0.39, 0.29) is 0 Å². The third-order valence-electron chi connectivity index (χ3n) is 4.76. The highest BCUT2D eigenvalue weighted by molar-refractivity contribution is 5.78. The summed E-state index contributed by atoms with van der Waals surface area (Å²) in [5.41, 5.74) is 1.34. The summed E-state index contributed by atoms with van der Waals surface area (Å²) in [6, 6.07) is 8.23. The molecule has 0 bridgehead atoms. The van der Waals surface area contributed by atoms with E-state index in [1.165, 1.54) is 18.4 Å². The second-order valence-corrected chi connectivity index (χ2v) is 7.28. The molecule has 2 aromatic rings. The molecule has 0 saturated heterocycles. The van der Waals surface area contributed by atoms with E-state index in [9.17, 15) is 5.11 Å². The topological polar surface area (TPSA) is 33.4 Å². The average molecular weight is 286 g/mol. The predicted octanol–water partition coefficient (Wildman–Crippen LogP) is 5.17. The number of hydrogen-bond donors (Lipinski definition) is 1. The first kappa shape index (κ1) is 14.6. The van der Waals surface area contributed by atoms with Crippen LogP contribution in [0.3, 0.4) is 0 Å². The zero-order chi connectivity index (χ0) is 15.0. The van der Waals surface area contributed by atoms with E-state index in [4.69, 9.17) is 4.42 Å². The fourth-order valence-corrected chi connectivity index (χ4v) is 3.85. The molecule has 0 amide bonds. The minimum absolute atomic E-state index is 0.610. The van der Waals surface area contributed by atoms with E-state index < -0.39 is 5.60 Å². The van der Waals surface area contributed by atoms with Gasteiger partial charge >= 0.3 is 0 Å². The molecule has 1 aliphatic carbocycles. The summed E-state index contributed by atoms with van der Waals surface area (Å²) in [5, 5.41) is 12.2. The zero-order valence-electron chi connectivity index (χ0n) is 13.4. The lowest BCUT2D eigenvalue weighted by Crippen LogP contribution is -2.32. The standard InChI is InChI=1S/C19H26O2/c1-13(2)9-15-5-4-8-19(20,12-15)18-11-16-10-14(3)6-7-17(16)21-18/h6-7,10-11,13,15,20H,4-5,8-9,12H2,1-3H3. The van der Waals surface area contributed by atoms with E-state index in [2.05, 4.69) is 32.9 Å². The Kier molecular flexibility index (Phi) is 3.83. The molecule has 2 nitrogen and oxygen atoms in total. The van der Waals surface area contributed by atoms with Crippen LogP contribution in [0.4, 0.5) is 0 Å². The molecule has 0 aliphatic heterocycles. The van der Waals surface area contributed by atoms with Crippen LogP contribution in [-0.4, -0.2) is 5.11 Å². The Morgan fingerprint density at radius 2 is 2.14 bits per heavy atom. The predicted molar refractivity (Wildman–Crippen MR) is 86.3 cm³/mol. The van der Waals surface area contributed by atoms with E-state index in [1.54, 1.807) is 0 Å². The zero-order valence-corrected chi connectivity index (χ0v) is 13.4. The van der Waals surface area contributed by atoms with Gasteiger partial charge in [-0.25, -0.2) is 0 Å². The smallest absolute Gasteiger partial charge is 0.136 e. The Balaban J connectivity index is 1.88. The minimum atomic E-state index is -0.773. The lowest BCUT2D eigenvalue weighted by Gasteiger charge is -2.36. The SMILES string of the molecule is Cc1ccc2oc(C3(O)CCCC(CC(C)C)C3)cc2c1. The van der Waals surface area contributed by atoms with Crippen molar-refractivity contribution in [3.8, 4) is 0 Å². The van der Waals surface area contributed by atoms with Crippen LogP contribution in [0.2, 0.25) is 0 Å². The first-order valence-corrected chi connectivity index (χ1v) is 8.19. The van der Waals surface area contributed by atoms with Gasteiger partial charge in [-0.1, -0.05) is 31.9 Å². The molecular formula is C19H26O2. The monoisotopic (exact) mass is 286 g/mol. The normalized spacial score (nSPS) is 26.6. The molecule has 114 valence electrons. The Morgan fingerprint density at radius 1 is 1.33 bits per heavy atom. The van der Waals surface area contributed by atoms with E-state index in [0.717, 1.165) is 36.0 Å².